The van der Waals surface area contributed by atoms with Crippen LogP contribution in [0.2, 0.25) is 0 Å². The molecular formula is C16H23FN2O3. The molecule has 3 N–H and O–H groups in total. The second-order valence-corrected chi connectivity index (χ2v) is 5.79. The maximum absolute atomic E-state index is 13.0. The Hall–Kier alpha value is -1.66. The third kappa shape index (κ3) is 4.68. The van der Waals surface area contributed by atoms with Crippen LogP contribution >= 0.6 is 0 Å². The topological polar surface area (TPSA) is 70.6 Å². The number of urea groups is 1. The summed E-state index contributed by atoms with van der Waals surface area (Å²) in [6.45, 7) is 1.18. The second kappa shape index (κ2) is 7.56. The van der Waals surface area contributed by atoms with Crippen LogP contribution in [0.25, 0.3) is 0 Å². The molecule has 1 atom stereocenters. The van der Waals surface area contributed by atoms with Crippen molar-refractivity contribution in [2.24, 2.45) is 0 Å². The van der Waals surface area contributed by atoms with Crippen LogP contribution in [-0.2, 0) is 10.2 Å². The highest BCUT2D eigenvalue weighted by atomic mass is 19.1. The number of carbonyl (C=O) groups excluding carboxylic acids is 1. The zero-order chi connectivity index (χ0) is 16.0. The van der Waals surface area contributed by atoms with E-state index in [2.05, 4.69) is 10.6 Å². The van der Waals surface area contributed by atoms with E-state index in [1.165, 1.54) is 19.2 Å². The molecule has 0 spiro atoms. The van der Waals surface area contributed by atoms with Crippen molar-refractivity contribution in [1.82, 2.24) is 10.6 Å². The summed E-state index contributed by atoms with van der Waals surface area (Å²) in [6.07, 6.45) is 1.86. The summed E-state index contributed by atoms with van der Waals surface area (Å²) in [4.78, 5) is 11.7. The van der Waals surface area contributed by atoms with Gasteiger partial charge in [-0.2, -0.15) is 0 Å². The van der Waals surface area contributed by atoms with Gasteiger partial charge in [-0.15, -0.1) is 0 Å². The number of nitrogens with one attached hydrogen (secondary N) is 2. The normalized spacial score (nSPS) is 16.9. The third-order valence-electron chi connectivity index (χ3n) is 4.02. The average Bonchev–Trinajstić information content (AvgIpc) is 3.27. The van der Waals surface area contributed by atoms with Crippen LogP contribution in [0.15, 0.2) is 24.3 Å². The monoisotopic (exact) mass is 310 g/mol. The van der Waals surface area contributed by atoms with Crippen molar-refractivity contribution in [3.8, 4) is 0 Å². The molecule has 122 valence electrons. The van der Waals surface area contributed by atoms with E-state index in [1.807, 2.05) is 0 Å². The molecule has 2 amide bonds. The van der Waals surface area contributed by atoms with Crippen molar-refractivity contribution in [2.45, 2.75) is 30.8 Å². The summed E-state index contributed by atoms with van der Waals surface area (Å²) in [7, 11) is 1.52. The molecule has 1 aliphatic rings. The molecule has 1 aromatic rings. The largest absolute Gasteiger partial charge is 0.391 e. The first kappa shape index (κ1) is 16.7. The number of hydrogen-bond donors (Lipinski definition) is 3. The van der Waals surface area contributed by atoms with Gasteiger partial charge in [0.25, 0.3) is 0 Å². The Morgan fingerprint density at radius 1 is 1.36 bits per heavy atom. The van der Waals surface area contributed by atoms with E-state index in [4.69, 9.17) is 4.74 Å². The molecule has 6 heteroatoms. The van der Waals surface area contributed by atoms with E-state index in [9.17, 15) is 14.3 Å². The zero-order valence-electron chi connectivity index (χ0n) is 12.8. The molecule has 1 fully saturated rings. The van der Waals surface area contributed by atoms with Gasteiger partial charge in [0.05, 0.1) is 12.7 Å². The number of aliphatic hydroxyl groups is 1. The number of carbonyl (C=O) groups is 1. The molecule has 0 radical (unpaired) electrons. The van der Waals surface area contributed by atoms with Crippen LogP contribution in [0.1, 0.15) is 24.8 Å². The minimum Gasteiger partial charge on any atom is -0.391 e. The van der Waals surface area contributed by atoms with Crippen molar-refractivity contribution in [1.29, 1.82) is 0 Å². The molecule has 0 aliphatic heterocycles. The SMILES string of the molecule is COCC(O)CCNC(=O)NCC1(c2ccc(F)cc2)CC1. The number of methoxy groups -OCH3 is 1. The molecule has 0 heterocycles. The molecule has 2 rings (SSSR count). The summed E-state index contributed by atoms with van der Waals surface area (Å²) in [5.41, 5.74) is 1.00. The number of aliphatic hydroxyl groups excluding tert-OH is 1. The molecule has 0 aromatic heterocycles. The van der Waals surface area contributed by atoms with Crippen LogP contribution in [0.4, 0.5) is 9.18 Å². The number of ether oxygens (including phenoxy) is 1. The predicted molar refractivity (Wildman–Crippen MR) is 81.2 cm³/mol. The lowest BCUT2D eigenvalue weighted by molar-refractivity contribution is 0.0598. The van der Waals surface area contributed by atoms with Gasteiger partial charge in [-0.25, -0.2) is 9.18 Å². The van der Waals surface area contributed by atoms with Crippen LogP contribution in [-0.4, -0.2) is 44.0 Å². The van der Waals surface area contributed by atoms with Gasteiger partial charge in [0, 0.05) is 25.6 Å². The Labute approximate surface area is 129 Å². The fourth-order valence-electron chi connectivity index (χ4n) is 2.46. The highest BCUT2D eigenvalue weighted by Crippen LogP contribution is 2.47. The summed E-state index contributed by atoms with van der Waals surface area (Å²) < 4.78 is 17.8. The molecule has 22 heavy (non-hydrogen) atoms. The Bertz CT molecular complexity index is 489. The fourth-order valence-corrected chi connectivity index (χ4v) is 2.46. The lowest BCUT2D eigenvalue weighted by atomic mass is 9.96. The molecular weight excluding hydrogens is 287 g/mol. The number of hydrogen-bond acceptors (Lipinski definition) is 3. The highest BCUT2D eigenvalue weighted by Gasteiger charge is 2.44. The first-order valence-electron chi connectivity index (χ1n) is 7.50. The van der Waals surface area contributed by atoms with E-state index in [0.717, 1.165) is 18.4 Å². The Morgan fingerprint density at radius 3 is 2.64 bits per heavy atom. The van der Waals surface area contributed by atoms with Gasteiger partial charge >= 0.3 is 6.03 Å². The molecule has 0 bridgehead atoms. The van der Waals surface area contributed by atoms with Gasteiger partial charge < -0.3 is 20.5 Å². The number of rotatable bonds is 8. The Kier molecular flexibility index (Phi) is 5.74. The van der Waals surface area contributed by atoms with Crippen molar-refractivity contribution >= 4 is 6.03 Å². The molecule has 5 nitrogen and oxygen atoms in total. The van der Waals surface area contributed by atoms with Gasteiger partial charge in [0.2, 0.25) is 0 Å². The smallest absolute Gasteiger partial charge is 0.314 e. The van der Waals surface area contributed by atoms with Crippen molar-refractivity contribution < 1.29 is 19.0 Å². The van der Waals surface area contributed by atoms with Gasteiger partial charge in [-0.05, 0) is 37.0 Å². The van der Waals surface area contributed by atoms with E-state index < -0.39 is 6.10 Å². The lowest BCUT2D eigenvalue weighted by Gasteiger charge is -2.17. The van der Waals surface area contributed by atoms with Crippen molar-refractivity contribution in [3.05, 3.63) is 35.6 Å². The maximum atomic E-state index is 13.0. The lowest BCUT2D eigenvalue weighted by Crippen LogP contribution is -2.41. The van der Waals surface area contributed by atoms with E-state index in [1.54, 1.807) is 12.1 Å². The van der Waals surface area contributed by atoms with Crippen LogP contribution < -0.4 is 10.6 Å². The summed E-state index contributed by atoms with van der Waals surface area (Å²) in [5, 5.41) is 15.0. The number of halogens is 1. The first-order valence-corrected chi connectivity index (χ1v) is 7.50. The van der Waals surface area contributed by atoms with E-state index in [0.29, 0.717) is 19.5 Å². The van der Waals surface area contributed by atoms with Gasteiger partial charge in [-0.1, -0.05) is 12.1 Å². The Balaban J connectivity index is 1.71. The van der Waals surface area contributed by atoms with Crippen LogP contribution in [0, 0.1) is 5.82 Å². The molecule has 1 unspecified atom stereocenters. The molecule has 1 saturated carbocycles. The van der Waals surface area contributed by atoms with Gasteiger partial charge in [-0.3, -0.25) is 0 Å². The summed E-state index contributed by atoms with van der Waals surface area (Å²) in [5.74, 6) is -0.250. The molecule has 0 saturated heterocycles. The standard InChI is InChI=1S/C16H23FN2O3/c1-22-10-14(20)6-9-18-15(21)19-11-16(7-8-16)12-2-4-13(17)5-3-12/h2-5,14,20H,6-11H2,1H3,(H2,18,19,21). The minimum atomic E-state index is -0.570. The maximum Gasteiger partial charge on any atom is 0.314 e. The number of benzene rings is 1. The highest BCUT2D eigenvalue weighted by molar-refractivity contribution is 5.74. The summed E-state index contributed by atoms with van der Waals surface area (Å²) in [6, 6.07) is 6.21. The van der Waals surface area contributed by atoms with Crippen LogP contribution in [0.3, 0.4) is 0 Å². The van der Waals surface area contributed by atoms with Crippen molar-refractivity contribution in [2.75, 3.05) is 26.8 Å². The zero-order valence-corrected chi connectivity index (χ0v) is 12.8. The predicted octanol–water partition coefficient (Wildman–Crippen LogP) is 1.55. The third-order valence-corrected chi connectivity index (χ3v) is 4.02. The molecule has 1 aliphatic carbocycles. The van der Waals surface area contributed by atoms with E-state index in [-0.39, 0.29) is 23.9 Å². The second-order valence-electron chi connectivity index (χ2n) is 5.79. The quantitative estimate of drug-likeness (QED) is 0.682. The molecule has 1 aromatic carbocycles. The van der Waals surface area contributed by atoms with Crippen molar-refractivity contribution in [3.63, 3.8) is 0 Å². The Morgan fingerprint density at radius 2 is 2.05 bits per heavy atom. The van der Waals surface area contributed by atoms with Crippen LogP contribution in [0.5, 0.6) is 0 Å². The fraction of sp³-hybridized carbons (Fsp3) is 0.562. The minimum absolute atomic E-state index is 0.0550. The first-order chi connectivity index (χ1) is 10.6. The van der Waals surface area contributed by atoms with Gasteiger partial charge in [0.15, 0.2) is 0 Å². The summed E-state index contributed by atoms with van der Waals surface area (Å²) >= 11 is 0. The number of amides is 2. The average molecular weight is 310 g/mol. The van der Waals surface area contributed by atoms with E-state index >= 15 is 0 Å². The van der Waals surface area contributed by atoms with Gasteiger partial charge in [0.1, 0.15) is 5.82 Å².